The molecule has 0 aromatic heterocycles. The van der Waals surface area contributed by atoms with Crippen LogP contribution in [0.15, 0.2) is 54.6 Å². The predicted octanol–water partition coefficient (Wildman–Crippen LogP) is 4.56. The largest absolute Gasteiger partial charge is 0.0795 e. The first kappa shape index (κ1) is 11.7. The zero-order chi connectivity index (χ0) is 12.1. The van der Waals surface area contributed by atoms with E-state index >= 15 is 0 Å². The molecule has 0 fully saturated rings. The summed E-state index contributed by atoms with van der Waals surface area (Å²) in [6.07, 6.45) is 5.41. The van der Waals surface area contributed by atoms with Crippen molar-refractivity contribution in [2.24, 2.45) is 0 Å². The van der Waals surface area contributed by atoms with Crippen LogP contribution in [0.2, 0.25) is 0 Å². The lowest BCUT2D eigenvalue weighted by Crippen LogP contribution is -1.87. The highest BCUT2D eigenvalue weighted by atomic mass is 14.0. The van der Waals surface area contributed by atoms with Crippen LogP contribution in [0.1, 0.15) is 22.3 Å². The monoisotopic (exact) mass is 222 g/mol. The number of benzene rings is 2. The topological polar surface area (TPSA) is 0 Å². The van der Waals surface area contributed by atoms with Crippen LogP contribution < -0.4 is 0 Å². The fraction of sp³-hybridized carbons (Fsp3) is 0.176. The van der Waals surface area contributed by atoms with Crippen LogP contribution in [0.5, 0.6) is 0 Å². The summed E-state index contributed by atoms with van der Waals surface area (Å²) in [6.45, 7) is 4.31. The van der Waals surface area contributed by atoms with Gasteiger partial charge in [-0.2, -0.15) is 0 Å². The summed E-state index contributed by atoms with van der Waals surface area (Å²) < 4.78 is 0. The normalized spacial score (nSPS) is 10.9. The quantitative estimate of drug-likeness (QED) is 0.714. The van der Waals surface area contributed by atoms with Crippen molar-refractivity contribution in [1.82, 2.24) is 0 Å². The van der Waals surface area contributed by atoms with Gasteiger partial charge in [0.05, 0.1) is 0 Å². The molecule has 0 saturated carbocycles. The Kier molecular flexibility index (Phi) is 3.77. The molecule has 0 aliphatic rings. The van der Waals surface area contributed by atoms with Crippen LogP contribution in [0.4, 0.5) is 0 Å². The summed E-state index contributed by atoms with van der Waals surface area (Å²) in [5.41, 5.74) is 5.38. The Hall–Kier alpha value is -1.82. The van der Waals surface area contributed by atoms with Gasteiger partial charge in [0.25, 0.3) is 0 Å². The second kappa shape index (κ2) is 5.49. The molecule has 2 aromatic rings. The Morgan fingerprint density at radius 3 is 2.41 bits per heavy atom. The molecule has 0 heteroatoms. The maximum absolute atomic E-state index is 2.24. The molecule has 2 aromatic carbocycles. The summed E-state index contributed by atoms with van der Waals surface area (Å²) in [6, 6.07) is 17.1. The molecular formula is C17H18. The molecule has 0 aliphatic carbocycles. The van der Waals surface area contributed by atoms with Crippen LogP contribution in [-0.2, 0) is 6.42 Å². The van der Waals surface area contributed by atoms with Gasteiger partial charge in [-0.15, -0.1) is 0 Å². The zero-order valence-electron chi connectivity index (χ0n) is 10.5. The molecule has 0 spiro atoms. The third-order valence-corrected chi connectivity index (χ3v) is 2.95. The molecule has 0 amide bonds. The van der Waals surface area contributed by atoms with E-state index in [1.165, 1.54) is 22.3 Å². The van der Waals surface area contributed by atoms with Crippen molar-refractivity contribution in [3.05, 3.63) is 76.9 Å². The van der Waals surface area contributed by atoms with E-state index in [4.69, 9.17) is 0 Å². The minimum Gasteiger partial charge on any atom is -0.0795 e. The van der Waals surface area contributed by atoms with Crippen molar-refractivity contribution in [2.45, 2.75) is 20.3 Å². The molecule has 0 N–H and O–H groups in total. The Balaban J connectivity index is 2.05. The summed E-state index contributed by atoms with van der Waals surface area (Å²) in [5.74, 6) is 0. The number of aryl methyl sites for hydroxylation is 2. The first-order valence-electron chi connectivity index (χ1n) is 6.03. The molecule has 86 valence electrons. The molecule has 0 atom stereocenters. The van der Waals surface area contributed by atoms with Crippen molar-refractivity contribution in [2.75, 3.05) is 0 Å². The molecule has 17 heavy (non-hydrogen) atoms. The van der Waals surface area contributed by atoms with Gasteiger partial charge in [-0.25, -0.2) is 0 Å². The lowest BCUT2D eigenvalue weighted by molar-refractivity contribution is 1.20. The van der Waals surface area contributed by atoms with E-state index in [0.717, 1.165) is 6.42 Å². The van der Waals surface area contributed by atoms with E-state index in [-0.39, 0.29) is 0 Å². The average Bonchev–Trinajstić information content (AvgIpc) is 2.33. The van der Waals surface area contributed by atoms with E-state index < -0.39 is 0 Å². The van der Waals surface area contributed by atoms with Crippen molar-refractivity contribution >= 4 is 6.08 Å². The Bertz CT molecular complexity index is 507. The smallest absolute Gasteiger partial charge is 0.00915 e. The van der Waals surface area contributed by atoms with Crippen molar-refractivity contribution in [3.8, 4) is 0 Å². The fourth-order valence-corrected chi connectivity index (χ4v) is 1.96. The van der Waals surface area contributed by atoms with Gasteiger partial charge in [0.1, 0.15) is 0 Å². The summed E-state index contributed by atoms with van der Waals surface area (Å²) >= 11 is 0. The standard InChI is InChI=1S/C17H18/c1-14-11-12-17(15(2)13-14)10-6-9-16-7-4-3-5-8-16/h3-9,11-13H,10H2,1-2H3. The number of rotatable bonds is 3. The van der Waals surface area contributed by atoms with Gasteiger partial charge in [-0.1, -0.05) is 66.2 Å². The predicted molar refractivity (Wildman–Crippen MR) is 75.1 cm³/mol. The Morgan fingerprint density at radius 2 is 1.71 bits per heavy atom. The molecule has 0 saturated heterocycles. The first-order valence-corrected chi connectivity index (χ1v) is 6.03. The van der Waals surface area contributed by atoms with E-state index in [1.54, 1.807) is 0 Å². The lowest BCUT2D eigenvalue weighted by atomic mass is 10.0. The van der Waals surface area contributed by atoms with Gasteiger partial charge in [-0.3, -0.25) is 0 Å². The van der Waals surface area contributed by atoms with Crippen LogP contribution in [0.3, 0.4) is 0 Å². The van der Waals surface area contributed by atoms with E-state index in [0.29, 0.717) is 0 Å². The highest BCUT2D eigenvalue weighted by Gasteiger charge is 1.95. The highest BCUT2D eigenvalue weighted by Crippen LogP contribution is 2.12. The van der Waals surface area contributed by atoms with E-state index in [9.17, 15) is 0 Å². The lowest BCUT2D eigenvalue weighted by Gasteiger charge is -2.03. The SMILES string of the molecule is Cc1ccc(CC=Cc2ccccc2)c(C)c1. The van der Waals surface area contributed by atoms with Crippen LogP contribution >= 0.6 is 0 Å². The average molecular weight is 222 g/mol. The van der Waals surface area contributed by atoms with Gasteiger partial charge < -0.3 is 0 Å². The fourth-order valence-electron chi connectivity index (χ4n) is 1.96. The molecule has 0 heterocycles. The maximum Gasteiger partial charge on any atom is -0.00915 e. The zero-order valence-corrected chi connectivity index (χ0v) is 10.5. The van der Waals surface area contributed by atoms with Gasteiger partial charge >= 0.3 is 0 Å². The number of hydrogen-bond donors (Lipinski definition) is 0. The minimum absolute atomic E-state index is 1.00. The number of allylic oxidation sites excluding steroid dienone is 1. The van der Waals surface area contributed by atoms with Crippen LogP contribution in [-0.4, -0.2) is 0 Å². The molecule has 0 unspecified atom stereocenters. The van der Waals surface area contributed by atoms with Crippen molar-refractivity contribution in [1.29, 1.82) is 0 Å². The van der Waals surface area contributed by atoms with Gasteiger partial charge in [-0.05, 0) is 37.0 Å². The van der Waals surface area contributed by atoms with Crippen molar-refractivity contribution in [3.63, 3.8) is 0 Å². The molecule has 2 rings (SSSR count). The summed E-state index contributed by atoms with van der Waals surface area (Å²) in [5, 5.41) is 0. The molecule has 0 bridgehead atoms. The molecule has 0 radical (unpaired) electrons. The summed E-state index contributed by atoms with van der Waals surface area (Å²) in [4.78, 5) is 0. The highest BCUT2D eigenvalue weighted by molar-refractivity contribution is 5.49. The third kappa shape index (κ3) is 3.32. The Morgan fingerprint density at radius 1 is 0.941 bits per heavy atom. The van der Waals surface area contributed by atoms with Gasteiger partial charge in [0.15, 0.2) is 0 Å². The van der Waals surface area contributed by atoms with E-state index in [1.807, 2.05) is 6.07 Å². The van der Waals surface area contributed by atoms with E-state index in [2.05, 4.69) is 68.5 Å². The van der Waals surface area contributed by atoms with Crippen molar-refractivity contribution < 1.29 is 0 Å². The second-order valence-corrected chi connectivity index (χ2v) is 4.45. The second-order valence-electron chi connectivity index (χ2n) is 4.45. The van der Waals surface area contributed by atoms with Crippen LogP contribution in [0.25, 0.3) is 6.08 Å². The molecular weight excluding hydrogens is 204 g/mol. The van der Waals surface area contributed by atoms with Gasteiger partial charge in [0.2, 0.25) is 0 Å². The third-order valence-electron chi connectivity index (χ3n) is 2.95. The van der Waals surface area contributed by atoms with Gasteiger partial charge in [0, 0.05) is 0 Å². The first-order chi connectivity index (χ1) is 8.25. The molecule has 0 nitrogen and oxygen atoms in total. The Labute approximate surface area is 104 Å². The van der Waals surface area contributed by atoms with Crippen LogP contribution in [0, 0.1) is 13.8 Å². The minimum atomic E-state index is 1.00. The maximum atomic E-state index is 2.24. The summed E-state index contributed by atoms with van der Waals surface area (Å²) in [7, 11) is 0. The molecule has 0 aliphatic heterocycles. The number of hydrogen-bond acceptors (Lipinski definition) is 0.